The van der Waals surface area contributed by atoms with Crippen LogP contribution >= 0.6 is 0 Å². The predicted molar refractivity (Wildman–Crippen MR) is 73.9 cm³/mol. The first-order valence-corrected chi connectivity index (χ1v) is 6.53. The molecule has 1 amide bonds. The molecule has 0 saturated heterocycles. The van der Waals surface area contributed by atoms with Gasteiger partial charge in [-0.3, -0.25) is 4.79 Å². The Kier molecular flexibility index (Phi) is 5.69. The van der Waals surface area contributed by atoms with E-state index in [4.69, 9.17) is 4.74 Å². The minimum Gasteiger partial charge on any atom is -0.483 e. The highest BCUT2D eigenvalue weighted by Gasteiger charge is 2.08. The Balaban J connectivity index is 2.45. The summed E-state index contributed by atoms with van der Waals surface area (Å²) < 4.78 is 5.55. The highest BCUT2D eigenvalue weighted by molar-refractivity contribution is 5.77. The fraction of sp³-hybridized carbons (Fsp3) is 0.533. The molecule has 0 aliphatic carbocycles. The monoisotopic (exact) mass is 249 g/mol. The standard InChI is InChI=1S/C15H23NO2/c1-5-7-12(3)16-15(17)10-18-14-9-6-8-11(2)13(14)4/h6,8-9,12H,5,7,10H2,1-4H3,(H,16,17)/t12-/m1/s1. The minimum atomic E-state index is -0.0585. The third-order valence-electron chi connectivity index (χ3n) is 3.04. The molecule has 18 heavy (non-hydrogen) atoms. The molecule has 1 aromatic rings. The zero-order chi connectivity index (χ0) is 13.5. The van der Waals surface area contributed by atoms with Crippen LogP contribution in [-0.2, 0) is 4.79 Å². The number of benzene rings is 1. The van der Waals surface area contributed by atoms with Gasteiger partial charge in [-0.15, -0.1) is 0 Å². The number of rotatable bonds is 6. The molecular formula is C15H23NO2. The number of hydrogen-bond acceptors (Lipinski definition) is 2. The summed E-state index contributed by atoms with van der Waals surface area (Å²) in [7, 11) is 0. The van der Waals surface area contributed by atoms with E-state index in [-0.39, 0.29) is 18.6 Å². The highest BCUT2D eigenvalue weighted by atomic mass is 16.5. The second-order valence-corrected chi connectivity index (χ2v) is 4.74. The van der Waals surface area contributed by atoms with Crippen LogP contribution in [0.5, 0.6) is 5.75 Å². The summed E-state index contributed by atoms with van der Waals surface area (Å²) >= 11 is 0. The molecule has 1 rings (SSSR count). The predicted octanol–water partition coefficient (Wildman–Crippen LogP) is 2.99. The molecule has 3 nitrogen and oxygen atoms in total. The molecule has 0 unspecified atom stereocenters. The number of nitrogens with one attached hydrogen (secondary N) is 1. The Hall–Kier alpha value is -1.51. The van der Waals surface area contributed by atoms with Crippen molar-refractivity contribution in [3.05, 3.63) is 29.3 Å². The Morgan fingerprint density at radius 2 is 2.11 bits per heavy atom. The number of hydrogen-bond donors (Lipinski definition) is 1. The van der Waals surface area contributed by atoms with Crippen molar-refractivity contribution >= 4 is 5.91 Å². The molecule has 0 aliphatic heterocycles. The van der Waals surface area contributed by atoms with E-state index in [1.54, 1.807) is 0 Å². The fourth-order valence-corrected chi connectivity index (χ4v) is 1.85. The van der Waals surface area contributed by atoms with Gasteiger partial charge >= 0.3 is 0 Å². The van der Waals surface area contributed by atoms with Gasteiger partial charge in [-0.25, -0.2) is 0 Å². The van der Waals surface area contributed by atoms with Crippen LogP contribution < -0.4 is 10.1 Å². The number of ether oxygens (including phenoxy) is 1. The van der Waals surface area contributed by atoms with Crippen LogP contribution in [0, 0.1) is 13.8 Å². The first kappa shape index (κ1) is 14.6. The van der Waals surface area contributed by atoms with Crippen molar-refractivity contribution in [3.8, 4) is 5.75 Å². The number of aryl methyl sites for hydroxylation is 1. The van der Waals surface area contributed by atoms with Gasteiger partial charge in [0.05, 0.1) is 0 Å². The van der Waals surface area contributed by atoms with Gasteiger partial charge in [0, 0.05) is 6.04 Å². The molecule has 1 atom stereocenters. The van der Waals surface area contributed by atoms with Gasteiger partial charge in [0.15, 0.2) is 6.61 Å². The average molecular weight is 249 g/mol. The zero-order valence-corrected chi connectivity index (χ0v) is 11.7. The molecule has 0 bridgehead atoms. The second kappa shape index (κ2) is 7.04. The minimum absolute atomic E-state index is 0.0585. The summed E-state index contributed by atoms with van der Waals surface area (Å²) in [5.74, 6) is 0.727. The van der Waals surface area contributed by atoms with Crippen LogP contribution in [0.25, 0.3) is 0 Å². The van der Waals surface area contributed by atoms with Crippen LogP contribution in [0.4, 0.5) is 0 Å². The molecule has 3 heteroatoms. The first-order chi connectivity index (χ1) is 8.54. The SMILES string of the molecule is CCC[C@@H](C)NC(=O)COc1cccc(C)c1C. The molecule has 0 spiro atoms. The number of carbonyl (C=O) groups excluding carboxylic acids is 1. The van der Waals surface area contributed by atoms with Gasteiger partial charge in [-0.05, 0) is 44.4 Å². The first-order valence-electron chi connectivity index (χ1n) is 6.53. The van der Waals surface area contributed by atoms with E-state index in [9.17, 15) is 4.79 Å². The summed E-state index contributed by atoms with van der Waals surface area (Å²) in [5.41, 5.74) is 2.26. The number of amides is 1. The van der Waals surface area contributed by atoms with E-state index in [1.807, 2.05) is 39.0 Å². The van der Waals surface area contributed by atoms with Crippen LogP contribution in [0.1, 0.15) is 37.8 Å². The van der Waals surface area contributed by atoms with E-state index in [0.29, 0.717) is 0 Å². The van der Waals surface area contributed by atoms with Gasteiger partial charge in [0.1, 0.15) is 5.75 Å². The summed E-state index contributed by atoms with van der Waals surface area (Å²) in [4.78, 5) is 11.7. The van der Waals surface area contributed by atoms with Gasteiger partial charge in [-0.2, -0.15) is 0 Å². The summed E-state index contributed by atoms with van der Waals surface area (Å²) in [6.45, 7) is 8.24. The van der Waals surface area contributed by atoms with E-state index >= 15 is 0 Å². The van der Waals surface area contributed by atoms with Gasteiger partial charge < -0.3 is 10.1 Å². The van der Waals surface area contributed by atoms with Crippen LogP contribution in [0.3, 0.4) is 0 Å². The lowest BCUT2D eigenvalue weighted by atomic mass is 10.1. The second-order valence-electron chi connectivity index (χ2n) is 4.74. The van der Waals surface area contributed by atoms with Crippen molar-refractivity contribution in [2.45, 2.75) is 46.6 Å². The van der Waals surface area contributed by atoms with E-state index in [0.717, 1.165) is 24.2 Å². The van der Waals surface area contributed by atoms with Gasteiger partial charge in [0.2, 0.25) is 0 Å². The fourth-order valence-electron chi connectivity index (χ4n) is 1.85. The van der Waals surface area contributed by atoms with Crippen molar-refractivity contribution in [2.75, 3.05) is 6.61 Å². The molecule has 1 N–H and O–H groups in total. The summed E-state index contributed by atoms with van der Waals surface area (Å²) in [5, 5.41) is 2.92. The molecule has 100 valence electrons. The van der Waals surface area contributed by atoms with Crippen LogP contribution in [0.15, 0.2) is 18.2 Å². The summed E-state index contributed by atoms with van der Waals surface area (Å²) in [6.07, 6.45) is 2.06. The third kappa shape index (κ3) is 4.40. The van der Waals surface area contributed by atoms with E-state index < -0.39 is 0 Å². The lowest BCUT2D eigenvalue weighted by molar-refractivity contribution is -0.123. The average Bonchev–Trinajstić information content (AvgIpc) is 2.31. The van der Waals surface area contributed by atoms with Crippen LogP contribution in [-0.4, -0.2) is 18.6 Å². The van der Waals surface area contributed by atoms with E-state index in [1.165, 1.54) is 5.56 Å². The molecule has 1 aromatic carbocycles. The molecule has 0 aromatic heterocycles. The smallest absolute Gasteiger partial charge is 0.258 e. The lowest BCUT2D eigenvalue weighted by Gasteiger charge is -2.14. The Morgan fingerprint density at radius 3 is 2.78 bits per heavy atom. The molecular weight excluding hydrogens is 226 g/mol. The van der Waals surface area contributed by atoms with Crippen molar-refractivity contribution in [3.63, 3.8) is 0 Å². The quantitative estimate of drug-likeness (QED) is 0.841. The van der Waals surface area contributed by atoms with Crippen molar-refractivity contribution < 1.29 is 9.53 Å². The molecule has 0 aliphatic rings. The molecule has 0 radical (unpaired) electrons. The van der Waals surface area contributed by atoms with Crippen molar-refractivity contribution in [1.82, 2.24) is 5.32 Å². The lowest BCUT2D eigenvalue weighted by Crippen LogP contribution is -2.36. The number of carbonyl (C=O) groups is 1. The maximum absolute atomic E-state index is 11.7. The van der Waals surface area contributed by atoms with Crippen molar-refractivity contribution in [1.29, 1.82) is 0 Å². The maximum Gasteiger partial charge on any atom is 0.258 e. The molecule has 0 saturated carbocycles. The van der Waals surface area contributed by atoms with Gasteiger partial charge in [-0.1, -0.05) is 25.5 Å². The summed E-state index contributed by atoms with van der Waals surface area (Å²) in [6, 6.07) is 6.08. The Bertz CT molecular complexity index is 401. The molecule has 0 fully saturated rings. The Morgan fingerprint density at radius 1 is 1.39 bits per heavy atom. The normalized spacial score (nSPS) is 12.0. The third-order valence-corrected chi connectivity index (χ3v) is 3.04. The molecule has 0 heterocycles. The van der Waals surface area contributed by atoms with E-state index in [2.05, 4.69) is 12.2 Å². The Labute approximate surface area is 110 Å². The van der Waals surface area contributed by atoms with Gasteiger partial charge in [0.25, 0.3) is 5.91 Å². The van der Waals surface area contributed by atoms with Crippen molar-refractivity contribution in [2.24, 2.45) is 0 Å². The topological polar surface area (TPSA) is 38.3 Å². The zero-order valence-electron chi connectivity index (χ0n) is 11.7. The highest BCUT2D eigenvalue weighted by Crippen LogP contribution is 2.20. The van der Waals surface area contributed by atoms with Crippen LogP contribution in [0.2, 0.25) is 0 Å². The maximum atomic E-state index is 11.7. The largest absolute Gasteiger partial charge is 0.483 e.